The van der Waals surface area contributed by atoms with Crippen LogP contribution >= 0.6 is 0 Å². The van der Waals surface area contributed by atoms with E-state index in [1.165, 1.54) is 17.9 Å². The summed E-state index contributed by atoms with van der Waals surface area (Å²) in [6, 6.07) is 0. The molecule has 8 heteroatoms. The maximum absolute atomic E-state index is 12.3. The maximum atomic E-state index is 12.3. The largest absolute Gasteiger partial charge is 0.476 e. The number of rotatable bonds is 7. The van der Waals surface area contributed by atoms with Crippen LogP contribution in [0, 0.1) is 0 Å². The fraction of sp³-hybridized carbons (Fsp3) is 0.643. The summed E-state index contributed by atoms with van der Waals surface area (Å²) in [7, 11) is 1.48. The highest BCUT2D eigenvalue weighted by atomic mass is 16.4. The van der Waals surface area contributed by atoms with Gasteiger partial charge in [-0.05, 0) is 6.42 Å². The molecule has 0 aromatic carbocycles. The highest BCUT2D eigenvalue weighted by Crippen LogP contribution is 2.22. The van der Waals surface area contributed by atoms with Gasteiger partial charge in [-0.3, -0.25) is 0 Å². The van der Waals surface area contributed by atoms with Crippen molar-refractivity contribution >= 4 is 11.6 Å². The summed E-state index contributed by atoms with van der Waals surface area (Å²) in [5, 5.41) is 16.7. The van der Waals surface area contributed by atoms with Crippen molar-refractivity contribution in [3.05, 3.63) is 22.0 Å². The lowest BCUT2D eigenvalue weighted by molar-refractivity contribution is 0.0692. The first-order valence-corrected chi connectivity index (χ1v) is 7.53. The van der Waals surface area contributed by atoms with E-state index in [9.17, 15) is 14.7 Å². The van der Waals surface area contributed by atoms with Crippen molar-refractivity contribution in [1.82, 2.24) is 24.4 Å². The number of aromatic nitrogens is 5. The van der Waals surface area contributed by atoms with Crippen LogP contribution in [0.1, 0.15) is 68.2 Å². The number of hydrogen-bond acceptors (Lipinski definition) is 5. The van der Waals surface area contributed by atoms with Gasteiger partial charge in [0.1, 0.15) is 5.82 Å². The number of carboxylic acid groups (broad SMARTS) is 1. The van der Waals surface area contributed by atoms with E-state index in [-0.39, 0.29) is 17.3 Å². The second-order valence-corrected chi connectivity index (χ2v) is 5.53. The summed E-state index contributed by atoms with van der Waals surface area (Å²) in [5.74, 6) is -0.779. The molecule has 0 bridgehead atoms. The van der Waals surface area contributed by atoms with Crippen molar-refractivity contribution in [3.8, 4) is 0 Å². The first-order chi connectivity index (χ1) is 10.5. The Morgan fingerprint density at radius 1 is 1.32 bits per heavy atom. The summed E-state index contributed by atoms with van der Waals surface area (Å²) >= 11 is 0. The third-order valence-corrected chi connectivity index (χ3v) is 3.75. The first-order valence-electron chi connectivity index (χ1n) is 7.53. The molecule has 2 aromatic heterocycles. The molecule has 0 amide bonds. The van der Waals surface area contributed by atoms with Gasteiger partial charge in [-0.2, -0.15) is 4.68 Å². The normalized spacial score (nSPS) is 12.7. The van der Waals surface area contributed by atoms with Crippen LogP contribution in [0.15, 0.2) is 4.79 Å². The molecule has 0 fully saturated rings. The molecular formula is C14H21N5O3. The van der Waals surface area contributed by atoms with Crippen LogP contribution in [0.3, 0.4) is 0 Å². The topological polar surface area (TPSA) is 102 Å². The number of hydrogen-bond donors (Lipinski definition) is 1. The van der Waals surface area contributed by atoms with E-state index in [1.54, 1.807) is 0 Å². The molecule has 0 aliphatic rings. The first kappa shape index (κ1) is 16.1. The summed E-state index contributed by atoms with van der Waals surface area (Å²) in [6.45, 7) is 4.10. The van der Waals surface area contributed by atoms with Crippen LogP contribution in [0.4, 0.5) is 0 Å². The number of unbranched alkanes of at least 4 members (excludes halogenated alkanes) is 3. The molecule has 0 saturated heterocycles. The van der Waals surface area contributed by atoms with Gasteiger partial charge >= 0.3 is 11.7 Å². The lowest BCUT2D eigenvalue weighted by atomic mass is 10.0. The number of aryl methyl sites for hydroxylation is 1. The average molecular weight is 307 g/mol. The molecule has 2 aromatic rings. The van der Waals surface area contributed by atoms with Gasteiger partial charge in [0.05, 0.1) is 0 Å². The summed E-state index contributed by atoms with van der Waals surface area (Å²) in [6.07, 6.45) is 5.31. The number of aromatic carboxylic acids is 1. The molecule has 0 saturated carbocycles. The summed E-state index contributed by atoms with van der Waals surface area (Å²) in [5.41, 5.74) is -0.646. The van der Waals surface area contributed by atoms with E-state index in [4.69, 9.17) is 0 Å². The second-order valence-electron chi connectivity index (χ2n) is 5.53. The highest BCUT2D eigenvalue weighted by molar-refractivity contribution is 5.92. The smallest absolute Gasteiger partial charge is 0.358 e. The Balaban J connectivity index is 2.42. The Hall–Kier alpha value is -2.25. The van der Waals surface area contributed by atoms with Gasteiger partial charge in [-0.1, -0.05) is 44.7 Å². The van der Waals surface area contributed by atoms with E-state index in [2.05, 4.69) is 22.2 Å². The Morgan fingerprint density at radius 3 is 2.68 bits per heavy atom. The molecule has 22 heavy (non-hydrogen) atoms. The van der Waals surface area contributed by atoms with Crippen LogP contribution in [-0.2, 0) is 7.05 Å². The molecule has 1 unspecified atom stereocenters. The second kappa shape index (κ2) is 6.67. The predicted octanol–water partition coefficient (Wildman–Crippen LogP) is 1.60. The molecule has 8 nitrogen and oxygen atoms in total. The minimum absolute atomic E-state index is 0.00556. The zero-order valence-corrected chi connectivity index (χ0v) is 13.1. The zero-order valence-electron chi connectivity index (χ0n) is 13.1. The highest BCUT2D eigenvalue weighted by Gasteiger charge is 2.24. The Bertz CT molecular complexity index is 734. The fourth-order valence-corrected chi connectivity index (χ4v) is 2.48. The standard InChI is InChI=1S/C14H21N5O3/c1-4-5-6-7-8-9(2)11-15-10(13(20)21)12-16-17-18(3)14(22)19(11)12/h9H,4-8H2,1-3H3,(H,20,21). The van der Waals surface area contributed by atoms with Crippen molar-refractivity contribution in [2.24, 2.45) is 7.05 Å². The molecule has 0 aliphatic heterocycles. The van der Waals surface area contributed by atoms with Crippen LogP contribution in [0.2, 0.25) is 0 Å². The zero-order chi connectivity index (χ0) is 16.3. The lowest BCUT2D eigenvalue weighted by Crippen LogP contribution is -2.29. The van der Waals surface area contributed by atoms with Crippen molar-refractivity contribution in [1.29, 1.82) is 0 Å². The van der Waals surface area contributed by atoms with Crippen LogP contribution in [-0.4, -0.2) is 35.5 Å². The molecule has 0 aliphatic carbocycles. The molecule has 2 rings (SSSR count). The minimum atomic E-state index is -1.20. The number of nitrogens with zero attached hydrogens (tertiary/aromatic N) is 5. The van der Waals surface area contributed by atoms with Gasteiger partial charge in [0, 0.05) is 13.0 Å². The van der Waals surface area contributed by atoms with E-state index >= 15 is 0 Å². The number of carboxylic acids is 1. The Kier molecular flexibility index (Phi) is 4.89. The van der Waals surface area contributed by atoms with Gasteiger partial charge in [0.2, 0.25) is 0 Å². The molecular weight excluding hydrogens is 286 g/mol. The summed E-state index contributed by atoms with van der Waals surface area (Å²) in [4.78, 5) is 27.7. The molecule has 1 N–H and O–H groups in total. The van der Waals surface area contributed by atoms with Crippen LogP contribution < -0.4 is 5.69 Å². The fourth-order valence-electron chi connectivity index (χ4n) is 2.48. The monoisotopic (exact) mass is 307 g/mol. The van der Waals surface area contributed by atoms with Crippen molar-refractivity contribution in [3.63, 3.8) is 0 Å². The van der Waals surface area contributed by atoms with E-state index in [0.29, 0.717) is 5.82 Å². The van der Waals surface area contributed by atoms with E-state index in [0.717, 1.165) is 30.4 Å². The average Bonchev–Trinajstić information content (AvgIpc) is 2.88. The van der Waals surface area contributed by atoms with Gasteiger partial charge in [0.25, 0.3) is 0 Å². The third kappa shape index (κ3) is 3.00. The number of imidazole rings is 1. The molecule has 0 spiro atoms. The van der Waals surface area contributed by atoms with Crippen molar-refractivity contribution in [2.45, 2.75) is 51.9 Å². The lowest BCUT2D eigenvalue weighted by Gasteiger charge is -2.09. The van der Waals surface area contributed by atoms with Gasteiger partial charge in [0.15, 0.2) is 11.3 Å². The van der Waals surface area contributed by atoms with Gasteiger partial charge in [-0.25, -0.2) is 19.0 Å². The Morgan fingerprint density at radius 2 is 2.05 bits per heavy atom. The number of fused-ring (bicyclic) bond motifs is 1. The SMILES string of the molecule is CCCCCCC(C)c1nc(C(=O)O)c2nnn(C)c(=O)n12. The van der Waals surface area contributed by atoms with Crippen molar-refractivity contribution in [2.75, 3.05) is 0 Å². The van der Waals surface area contributed by atoms with Crippen LogP contribution in [0.25, 0.3) is 5.65 Å². The predicted molar refractivity (Wildman–Crippen MR) is 80.2 cm³/mol. The maximum Gasteiger partial charge on any atom is 0.358 e. The Labute approximate surface area is 127 Å². The molecule has 1 atom stereocenters. The summed E-state index contributed by atoms with van der Waals surface area (Å²) < 4.78 is 2.34. The van der Waals surface area contributed by atoms with E-state index < -0.39 is 11.7 Å². The third-order valence-electron chi connectivity index (χ3n) is 3.75. The van der Waals surface area contributed by atoms with Gasteiger partial charge in [-0.15, -0.1) is 5.10 Å². The van der Waals surface area contributed by atoms with Gasteiger partial charge < -0.3 is 5.11 Å². The molecule has 2 heterocycles. The van der Waals surface area contributed by atoms with Crippen molar-refractivity contribution < 1.29 is 9.90 Å². The number of carbonyl (C=O) groups is 1. The van der Waals surface area contributed by atoms with E-state index in [1.807, 2.05) is 6.92 Å². The molecule has 120 valence electrons. The molecule has 0 radical (unpaired) electrons. The van der Waals surface area contributed by atoms with Crippen LogP contribution in [0.5, 0.6) is 0 Å². The minimum Gasteiger partial charge on any atom is -0.476 e. The quantitative estimate of drug-likeness (QED) is 0.779.